The van der Waals surface area contributed by atoms with Gasteiger partial charge in [-0.05, 0) is 49.5 Å². The van der Waals surface area contributed by atoms with Crippen LogP contribution in [0.2, 0.25) is 0 Å². The van der Waals surface area contributed by atoms with Gasteiger partial charge < -0.3 is 4.42 Å². The molecule has 0 aliphatic heterocycles. The molecule has 7 nitrogen and oxygen atoms in total. The summed E-state index contributed by atoms with van der Waals surface area (Å²) in [6.07, 6.45) is 6.77. The van der Waals surface area contributed by atoms with Gasteiger partial charge >= 0.3 is 0 Å². The normalized spacial score (nSPS) is 11.9. The molecule has 0 aromatic carbocycles. The first kappa shape index (κ1) is 13.3. The molecule has 0 aliphatic rings. The zero-order valence-corrected chi connectivity index (χ0v) is 12.0. The maximum Gasteiger partial charge on any atom is 0.216 e. The Morgan fingerprint density at radius 3 is 3.00 bits per heavy atom. The fourth-order valence-electron chi connectivity index (χ4n) is 1.73. The van der Waals surface area contributed by atoms with Crippen molar-refractivity contribution in [2.45, 2.75) is 6.92 Å². The van der Waals surface area contributed by atoms with Crippen molar-refractivity contribution in [2.75, 3.05) is 0 Å². The average molecular weight is 300 g/mol. The summed E-state index contributed by atoms with van der Waals surface area (Å²) in [6, 6.07) is 5.54. The highest BCUT2D eigenvalue weighted by Gasteiger charge is 2.10. The van der Waals surface area contributed by atoms with Crippen molar-refractivity contribution in [3.63, 3.8) is 0 Å². The van der Waals surface area contributed by atoms with Crippen molar-refractivity contribution < 1.29 is 4.42 Å². The van der Waals surface area contributed by atoms with Gasteiger partial charge in [-0.2, -0.15) is 20.0 Å². The zero-order chi connectivity index (χ0) is 14.7. The molecule has 0 saturated carbocycles. The van der Waals surface area contributed by atoms with E-state index in [9.17, 15) is 0 Å². The Morgan fingerprint density at radius 1 is 1.38 bits per heavy atom. The van der Waals surface area contributed by atoms with Crippen LogP contribution in [0.3, 0.4) is 0 Å². The van der Waals surface area contributed by atoms with Crippen LogP contribution in [0, 0.1) is 11.7 Å². The largest absolute Gasteiger partial charge is 0.465 e. The van der Waals surface area contributed by atoms with Crippen LogP contribution in [0.25, 0.3) is 17.6 Å². The third-order valence-corrected chi connectivity index (χ3v) is 2.92. The second-order valence-electron chi connectivity index (χ2n) is 4.24. The molecule has 0 radical (unpaired) electrons. The Balaban J connectivity index is 1.85. The van der Waals surface area contributed by atoms with Crippen molar-refractivity contribution in [3.05, 3.63) is 46.8 Å². The predicted molar refractivity (Wildman–Crippen MR) is 81.4 cm³/mol. The number of hydrogen-bond donors (Lipinski definition) is 2. The molecule has 21 heavy (non-hydrogen) atoms. The molecule has 0 saturated heterocycles. The van der Waals surface area contributed by atoms with Gasteiger partial charge in [0.15, 0.2) is 0 Å². The fraction of sp³-hybridized carbons (Fsp3) is 0.0769. The highest BCUT2D eigenvalue weighted by molar-refractivity contribution is 7.71. The van der Waals surface area contributed by atoms with E-state index in [1.54, 1.807) is 24.6 Å². The molecule has 8 heteroatoms. The molecule has 0 amide bonds. The number of hydrogen-bond acceptors (Lipinski definition) is 5. The third-order valence-electron chi connectivity index (χ3n) is 2.66. The van der Waals surface area contributed by atoms with Gasteiger partial charge in [-0.25, -0.2) is 5.10 Å². The fourth-order valence-corrected chi connectivity index (χ4v) is 1.91. The standard InChI is InChI=1S/C13H12N6OS/c1-9-8-11(16-15-9)12-17-18-13(21)19(12)14-6-2-4-10-5-3-7-20-10/h2-8H,1H3,(H,15,16)(H,18,21)/b4-2+,14-6+. The summed E-state index contributed by atoms with van der Waals surface area (Å²) in [7, 11) is 0. The molecule has 3 aromatic rings. The van der Waals surface area contributed by atoms with E-state index in [1.165, 1.54) is 4.68 Å². The topological polar surface area (TPSA) is 87.8 Å². The number of furan rings is 1. The molecule has 0 aliphatic carbocycles. The highest BCUT2D eigenvalue weighted by Crippen LogP contribution is 2.14. The minimum atomic E-state index is 0.397. The van der Waals surface area contributed by atoms with E-state index in [0.717, 1.165) is 11.5 Å². The predicted octanol–water partition coefficient (Wildman–Crippen LogP) is 2.78. The molecule has 0 spiro atoms. The first-order valence-corrected chi connectivity index (χ1v) is 6.59. The van der Waals surface area contributed by atoms with E-state index in [-0.39, 0.29) is 0 Å². The van der Waals surface area contributed by atoms with Gasteiger partial charge in [0.05, 0.1) is 6.26 Å². The Hall–Kier alpha value is -2.74. The number of aromatic nitrogens is 5. The number of aromatic amines is 2. The first-order chi connectivity index (χ1) is 10.2. The lowest BCUT2D eigenvalue weighted by Crippen LogP contribution is -1.93. The van der Waals surface area contributed by atoms with Crippen LogP contribution >= 0.6 is 12.2 Å². The Kier molecular flexibility index (Phi) is 3.61. The van der Waals surface area contributed by atoms with E-state index in [0.29, 0.717) is 16.3 Å². The molecule has 0 atom stereocenters. The summed E-state index contributed by atoms with van der Waals surface area (Å²) < 4.78 is 7.09. The number of allylic oxidation sites excluding steroid dienone is 1. The molecule has 3 rings (SSSR count). The molecule has 0 fully saturated rings. The Labute approximate surface area is 125 Å². The van der Waals surface area contributed by atoms with Crippen LogP contribution in [0.5, 0.6) is 0 Å². The highest BCUT2D eigenvalue weighted by atomic mass is 32.1. The second-order valence-corrected chi connectivity index (χ2v) is 4.63. The van der Waals surface area contributed by atoms with E-state index < -0.39 is 0 Å². The van der Waals surface area contributed by atoms with Crippen LogP contribution in [0.4, 0.5) is 0 Å². The monoisotopic (exact) mass is 300 g/mol. The van der Waals surface area contributed by atoms with Crippen molar-refractivity contribution in [3.8, 4) is 11.5 Å². The molecular formula is C13H12N6OS. The Morgan fingerprint density at radius 2 is 2.29 bits per heavy atom. The lowest BCUT2D eigenvalue weighted by molar-refractivity contribution is 0.557. The smallest absolute Gasteiger partial charge is 0.216 e. The Bertz CT molecular complexity index is 836. The molecule has 3 aromatic heterocycles. The molecule has 3 heterocycles. The maximum absolute atomic E-state index is 5.18. The van der Waals surface area contributed by atoms with Crippen molar-refractivity contribution >= 4 is 24.5 Å². The van der Waals surface area contributed by atoms with Gasteiger partial charge in [-0.3, -0.25) is 5.10 Å². The van der Waals surface area contributed by atoms with Crippen LogP contribution in [0.15, 0.2) is 40.1 Å². The van der Waals surface area contributed by atoms with Crippen molar-refractivity contribution in [1.29, 1.82) is 0 Å². The van der Waals surface area contributed by atoms with E-state index in [4.69, 9.17) is 16.6 Å². The molecular weight excluding hydrogens is 288 g/mol. The maximum atomic E-state index is 5.18. The minimum Gasteiger partial charge on any atom is -0.465 e. The van der Waals surface area contributed by atoms with Gasteiger partial charge in [0.1, 0.15) is 11.5 Å². The van der Waals surface area contributed by atoms with Gasteiger partial charge in [-0.15, -0.1) is 0 Å². The number of rotatable bonds is 4. The van der Waals surface area contributed by atoms with Crippen molar-refractivity contribution in [1.82, 2.24) is 25.1 Å². The van der Waals surface area contributed by atoms with E-state index in [1.807, 2.05) is 25.1 Å². The summed E-state index contributed by atoms with van der Waals surface area (Å²) in [6.45, 7) is 1.91. The first-order valence-electron chi connectivity index (χ1n) is 6.18. The van der Waals surface area contributed by atoms with Gasteiger partial charge in [0.25, 0.3) is 0 Å². The second kappa shape index (κ2) is 5.71. The summed E-state index contributed by atoms with van der Waals surface area (Å²) in [5, 5.41) is 18.1. The van der Waals surface area contributed by atoms with E-state index in [2.05, 4.69) is 25.5 Å². The SMILES string of the molecule is Cc1cc(-c2n[nH]c(=S)n2/N=C/C=C/c2ccco2)n[nH]1. The zero-order valence-electron chi connectivity index (χ0n) is 11.1. The van der Waals surface area contributed by atoms with Gasteiger partial charge in [0, 0.05) is 11.9 Å². The number of aryl methyl sites for hydroxylation is 1. The molecule has 106 valence electrons. The van der Waals surface area contributed by atoms with E-state index >= 15 is 0 Å². The molecule has 0 bridgehead atoms. The number of nitrogens with zero attached hydrogens (tertiary/aromatic N) is 4. The molecule has 2 N–H and O–H groups in total. The van der Waals surface area contributed by atoms with Gasteiger partial charge in [0.2, 0.25) is 10.6 Å². The molecule has 0 unspecified atom stereocenters. The van der Waals surface area contributed by atoms with Crippen LogP contribution in [0.1, 0.15) is 11.5 Å². The summed E-state index contributed by atoms with van der Waals surface area (Å²) in [5.41, 5.74) is 1.61. The van der Waals surface area contributed by atoms with Gasteiger partial charge in [-0.1, -0.05) is 0 Å². The quantitative estimate of drug-likeness (QED) is 0.573. The number of nitrogens with one attached hydrogen (secondary N) is 2. The van der Waals surface area contributed by atoms with Crippen molar-refractivity contribution in [2.24, 2.45) is 5.10 Å². The lowest BCUT2D eigenvalue weighted by atomic mass is 10.3. The van der Waals surface area contributed by atoms with Crippen LogP contribution < -0.4 is 0 Å². The summed E-state index contributed by atoms with van der Waals surface area (Å²) >= 11 is 5.16. The van der Waals surface area contributed by atoms with Crippen LogP contribution in [-0.2, 0) is 0 Å². The summed E-state index contributed by atoms with van der Waals surface area (Å²) in [4.78, 5) is 0. The van der Waals surface area contributed by atoms with Crippen LogP contribution in [-0.4, -0.2) is 31.3 Å². The minimum absolute atomic E-state index is 0.397. The lowest BCUT2D eigenvalue weighted by Gasteiger charge is -1.95. The average Bonchev–Trinajstić information content (AvgIpc) is 3.17. The summed E-state index contributed by atoms with van der Waals surface area (Å²) in [5.74, 6) is 1.30. The third kappa shape index (κ3) is 2.90. The number of H-pyrrole nitrogens is 2.